The molecule has 250 valence electrons. The Morgan fingerprint density at radius 3 is 1.39 bits per heavy atom. The summed E-state index contributed by atoms with van der Waals surface area (Å²) in [7, 11) is 0. The molecule has 0 aliphatic heterocycles. The maximum atomic E-state index is 6.47. The highest BCUT2D eigenvalue weighted by Gasteiger charge is 2.19. The van der Waals surface area contributed by atoms with Crippen LogP contribution >= 0.6 is 0 Å². The topological polar surface area (TPSA) is 26.3 Å². The summed E-state index contributed by atoms with van der Waals surface area (Å²) in [5.74, 6) is 0. The molecular weight excluding hydrogens is 657 g/mol. The highest BCUT2D eigenvalue weighted by molar-refractivity contribution is 6.23. The molecule has 0 saturated carbocycles. The molecule has 12 aromatic rings. The molecule has 2 heteroatoms. The van der Waals surface area contributed by atoms with Crippen molar-refractivity contribution in [2.75, 3.05) is 0 Å². The van der Waals surface area contributed by atoms with Crippen LogP contribution in [0.5, 0.6) is 0 Å². The third-order valence-electron chi connectivity index (χ3n) is 11.4. The Kier molecular flexibility index (Phi) is 6.09. The van der Waals surface area contributed by atoms with Crippen molar-refractivity contribution >= 4 is 87.0 Å². The first-order valence-electron chi connectivity index (χ1n) is 18.5. The van der Waals surface area contributed by atoms with E-state index >= 15 is 0 Å². The summed E-state index contributed by atoms with van der Waals surface area (Å²) in [6.07, 6.45) is 0. The van der Waals surface area contributed by atoms with Crippen molar-refractivity contribution < 1.29 is 8.83 Å². The minimum Gasteiger partial charge on any atom is -0.456 e. The van der Waals surface area contributed by atoms with Crippen LogP contribution in [-0.2, 0) is 0 Å². The van der Waals surface area contributed by atoms with Gasteiger partial charge >= 0.3 is 0 Å². The van der Waals surface area contributed by atoms with Crippen LogP contribution in [0.15, 0.2) is 191 Å². The summed E-state index contributed by atoms with van der Waals surface area (Å²) in [5.41, 5.74) is 10.8. The lowest BCUT2D eigenvalue weighted by molar-refractivity contribution is 0.669. The molecule has 0 amide bonds. The van der Waals surface area contributed by atoms with Crippen LogP contribution in [0.4, 0.5) is 0 Å². The Bertz CT molecular complexity index is 3450. The summed E-state index contributed by atoms with van der Waals surface area (Å²) in [4.78, 5) is 0. The predicted molar refractivity (Wildman–Crippen MR) is 227 cm³/mol. The number of hydrogen-bond acceptors (Lipinski definition) is 2. The molecule has 0 N–H and O–H groups in total. The van der Waals surface area contributed by atoms with Gasteiger partial charge in [0.25, 0.3) is 0 Å². The molecule has 12 rings (SSSR count). The smallest absolute Gasteiger partial charge is 0.136 e. The lowest BCUT2D eigenvalue weighted by atomic mass is 9.85. The van der Waals surface area contributed by atoms with E-state index < -0.39 is 0 Å². The highest BCUT2D eigenvalue weighted by Crippen LogP contribution is 2.46. The van der Waals surface area contributed by atoms with Gasteiger partial charge in [-0.3, -0.25) is 0 Å². The molecule has 54 heavy (non-hydrogen) atoms. The molecule has 2 aromatic heterocycles. The minimum absolute atomic E-state index is 0.902. The maximum absolute atomic E-state index is 6.47. The number of benzene rings is 10. The second-order valence-corrected chi connectivity index (χ2v) is 14.4. The van der Waals surface area contributed by atoms with Gasteiger partial charge in [-0.25, -0.2) is 0 Å². The Morgan fingerprint density at radius 2 is 0.741 bits per heavy atom. The van der Waals surface area contributed by atoms with Gasteiger partial charge < -0.3 is 8.83 Å². The molecule has 0 bridgehead atoms. The molecule has 2 heterocycles. The van der Waals surface area contributed by atoms with Gasteiger partial charge in [-0.1, -0.05) is 133 Å². The van der Waals surface area contributed by atoms with Crippen LogP contribution < -0.4 is 0 Å². The van der Waals surface area contributed by atoms with Crippen molar-refractivity contribution in [1.82, 2.24) is 0 Å². The Balaban J connectivity index is 1.08. The summed E-state index contributed by atoms with van der Waals surface area (Å²) in [6.45, 7) is 0. The molecule has 0 saturated heterocycles. The van der Waals surface area contributed by atoms with Crippen LogP contribution in [0, 0.1) is 0 Å². The molecule has 0 fully saturated rings. The number of furan rings is 2. The van der Waals surface area contributed by atoms with E-state index in [1.165, 1.54) is 70.9 Å². The van der Waals surface area contributed by atoms with Crippen molar-refractivity contribution in [3.8, 4) is 33.4 Å². The third kappa shape index (κ3) is 4.28. The van der Waals surface area contributed by atoms with E-state index in [9.17, 15) is 0 Å². The van der Waals surface area contributed by atoms with Crippen molar-refractivity contribution in [3.63, 3.8) is 0 Å². The van der Waals surface area contributed by atoms with Gasteiger partial charge in [-0.05, 0) is 125 Å². The zero-order valence-corrected chi connectivity index (χ0v) is 29.1. The Morgan fingerprint density at radius 1 is 0.259 bits per heavy atom. The summed E-state index contributed by atoms with van der Waals surface area (Å²) >= 11 is 0. The quantitative estimate of drug-likeness (QED) is 0.173. The highest BCUT2D eigenvalue weighted by atomic mass is 16.3. The average molecular weight is 687 g/mol. The SMILES string of the molecule is c1cc(-c2c3ccccc3c(-c3ccc4oc5cc6ccccc6cc5c4c3)c3ccccc23)cc(-c2cccc3oc4cc5ccccc5cc4c23)c1. The van der Waals surface area contributed by atoms with Gasteiger partial charge in [0.2, 0.25) is 0 Å². The Hall–Kier alpha value is -7.16. The largest absolute Gasteiger partial charge is 0.456 e. The van der Waals surface area contributed by atoms with Crippen LogP contribution in [-0.4, -0.2) is 0 Å². The standard InChI is InChI=1S/C52H30O2/c1-3-13-33-29-48-44(26-31(33)11-1)43-28-37(23-24-46(43)53-48)51-41-19-7-5-17-39(41)50(40-18-6-8-20-42(40)51)36-16-9-15-35(25-36)38-21-10-22-47-52(38)45-27-32-12-2-4-14-34(32)30-49(45)54-47/h1-30H. The van der Waals surface area contributed by atoms with Gasteiger partial charge in [0, 0.05) is 21.5 Å². The fourth-order valence-electron chi connectivity index (χ4n) is 8.96. The van der Waals surface area contributed by atoms with E-state index in [1.54, 1.807) is 0 Å². The van der Waals surface area contributed by atoms with E-state index in [0.29, 0.717) is 0 Å². The zero-order valence-electron chi connectivity index (χ0n) is 29.1. The molecule has 0 aliphatic rings. The fourth-order valence-corrected chi connectivity index (χ4v) is 8.96. The molecule has 0 atom stereocenters. The summed E-state index contributed by atoms with van der Waals surface area (Å²) in [5, 5.41) is 14.3. The first kappa shape index (κ1) is 29.4. The van der Waals surface area contributed by atoms with E-state index in [1.807, 2.05) is 0 Å². The van der Waals surface area contributed by atoms with Crippen LogP contribution in [0.25, 0.3) is 120 Å². The van der Waals surface area contributed by atoms with Gasteiger partial charge in [0.05, 0.1) is 0 Å². The van der Waals surface area contributed by atoms with Crippen molar-refractivity contribution in [2.24, 2.45) is 0 Å². The fraction of sp³-hybridized carbons (Fsp3) is 0. The monoisotopic (exact) mass is 686 g/mol. The molecule has 10 aromatic carbocycles. The van der Waals surface area contributed by atoms with E-state index in [0.717, 1.165) is 49.4 Å². The third-order valence-corrected chi connectivity index (χ3v) is 11.4. The Labute approximate surface area is 310 Å². The maximum Gasteiger partial charge on any atom is 0.136 e. The van der Waals surface area contributed by atoms with Gasteiger partial charge in [-0.2, -0.15) is 0 Å². The van der Waals surface area contributed by atoms with Crippen LogP contribution in [0.1, 0.15) is 0 Å². The first-order chi connectivity index (χ1) is 26.7. The van der Waals surface area contributed by atoms with Gasteiger partial charge in [-0.15, -0.1) is 0 Å². The number of hydrogen-bond donors (Lipinski definition) is 0. The first-order valence-corrected chi connectivity index (χ1v) is 18.5. The molecular formula is C52H30O2. The number of rotatable bonds is 3. The van der Waals surface area contributed by atoms with E-state index in [2.05, 4.69) is 182 Å². The number of fused-ring (bicyclic) bond motifs is 10. The second-order valence-electron chi connectivity index (χ2n) is 14.4. The second kappa shape index (κ2) is 11.2. The lowest BCUT2D eigenvalue weighted by Crippen LogP contribution is -1.91. The molecule has 0 spiro atoms. The van der Waals surface area contributed by atoms with E-state index in [-0.39, 0.29) is 0 Å². The zero-order chi connectivity index (χ0) is 35.3. The van der Waals surface area contributed by atoms with Crippen molar-refractivity contribution in [1.29, 1.82) is 0 Å². The minimum atomic E-state index is 0.902. The van der Waals surface area contributed by atoms with Crippen molar-refractivity contribution in [3.05, 3.63) is 182 Å². The van der Waals surface area contributed by atoms with Crippen LogP contribution in [0.3, 0.4) is 0 Å². The van der Waals surface area contributed by atoms with Crippen molar-refractivity contribution in [2.45, 2.75) is 0 Å². The normalized spacial score (nSPS) is 12.1. The summed E-state index contributed by atoms with van der Waals surface area (Å²) in [6, 6.07) is 65.7. The predicted octanol–water partition coefficient (Wildman–Crippen LogP) is 15.1. The molecule has 2 nitrogen and oxygen atoms in total. The van der Waals surface area contributed by atoms with Crippen LogP contribution in [0.2, 0.25) is 0 Å². The molecule has 0 radical (unpaired) electrons. The van der Waals surface area contributed by atoms with Gasteiger partial charge in [0.15, 0.2) is 0 Å². The lowest BCUT2D eigenvalue weighted by Gasteiger charge is -2.18. The molecule has 0 aliphatic carbocycles. The van der Waals surface area contributed by atoms with Gasteiger partial charge in [0.1, 0.15) is 22.3 Å². The molecule has 0 unspecified atom stereocenters. The summed E-state index contributed by atoms with van der Waals surface area (Å²) < 4.78 is 12.9. The van der Waals surface area contributed by atoms with E-state index in [4.69, 9.17) is 8.83 Å². The average Bonchev–Trinajstić information content (AvgIpc) is 3.77.